The van der Waals surface area contributed by atoms with Gasteiger partial charge in [-0.25, -0.2) is 8.78 Å². The molecule has 10 rings (SSSR count). The maximum Gasteiger partial charge on any atom is 0.470 e. The Hall–Kier alpha value is -6.62. The molecule has 2 aromatic heterocycles. The second-order valence-corrected chi connectivity index (χ2v) is 17.9. The Morgan fingerprint density at radius 2 is 1.04 bits per heavy atom. The molecule has 5 heterocycles. The lowest BCUT2D eigenvalue weighted by molar-refractivity contribution is -0.157. The first-order chi connectivity index (χ1) is 35.0. The number of para-hydroxylation sites is 2. The molecule has 3 saturated heterocycles. The number of rotatable bonds is 11. The number of halogens is 9. The molecule has 4 fully saturated rings. The summed E-state index contributed by atoms with van der Waals surface area (Å²) in [5.41, 5.74) is 1.76. The summed E-state index contributed by atoms with van der Waals surface area (Å²) in [6, 6.07) is 26.1. The summed E-state index contributed by atoms with van der Waals surface area (Å²) < 4.78 is 121. The Kier molecular flexibility index (Phi) is 18.3. The van der Waals surface area contributed by atoms with E-state index in [0.29, 0.717) is 48.9 Å². The van der Waals surface area contributed by atoms with E-state index in [9.17, 15) is 45.1 Å². The van der Waals surface area contributed by atoms with Crippen molar-refractivity contribution in [1.29, 1.82) is 0 Å². The minimum absolute atomic E-state index is 0. The third kappa shape index (κ3) is 13.9. The fourth-order valence-corrected chi connectivity index (χ4v) is 8.45. The van der Waals surface area contributed by atoms with E-state index in [1.54, 1.807) is 46.2 Å². The standard InChI is InChI=1S/C25H24F4N4O3.C22H20F4N4O2.C4H6O.ClH/c26-21-12-17(22-30-31-24(36-22)25(27,28)29)6-7-18(21)13-33(19-4-2-1-3-5-19)23(34)16-8-10-32(11-9-16)20-14-35-15-20;23-18-12-15(19-28-29-21(32-19)22(24,25)26)6-7-16(18)13-30(17-4-2-1-3-5-17)20(31)14-8-10-27-11-9-14;5-4-2-1-3-4;/h1-7,12,16,20H,8-11,13-15H2;1-7,12,14,27H,8-11,13H2;1-3H2;1H. The summed E-state index contributed by atoms with van der Waals surface area (Å²) in [5.74, 6) is -5.35. The highest BCUT2D eigenvalue weighted by molar-refractivity contribution is 5.96. The van der Waals surface area contributed by atoms with Crippen LogP contribution in [0, 0.1) is 23.5 Å². The first-order valence-corrected chi connectivity index (χ1v) is 23.7. The highest BCUT2D eigenvalue weighted by Crippen LogP contribution is 2.34. The quantitative estimate of drug-likeness (QED) is 0.123. The molecule has 1 N–H and O–H groups in total. The molecule has 74 heavy (non-hydrogen) atoms. The van der Waals surface area contributed by atoms with Crippen molar-refractivity contribution in [1.82, 2.24) is 30.6 Å². The van der Waals surface area contributed by atoms with E-state index < -0.39 is 47.5 Å². The summed E-state index contributed by atoms with van der Waals surface area (Å²) >= 11 is 0. The van der Waals surface area contributed by atoms with Crippen molar-refractivity contribution in [2.24, 2.45) is 11.8 Å². The average Bonchev–Trinajstić information content (AvgIpc) is 4.09. The van der Waals surface area contributed by atoms with Gasteiger partial charge in [0.05, 0.1) is 32.3 Å². The Labute approximate surface area is 425 Å². The highest BCUT2D eigenvalue weighted by Gasteiger charge is 2.40. The lowest BCUT2D eigenvalue weighted by atomic mass is 9.93. The van der Waals surface area contributed by atoms with Gasteiger partial charge in [-0.1, -0.05) is 48.5 Å². The zero-order chi connectivity index (χ0) is 51.7. The molecule has 394 valence electrons. The van der Waals surface area contributed by atoms with Gasteiger partial charge in [0.2, 0.25) is 23.6 Å². The van der Waals surface area contributed by atoms with Crippen LogP contribution in [0.2, 0.25) is 0 Å². The van der Waals surface area contributed by atoms with Crippen LogP contribution in [0.25, 0.3) is 22.9 Å². The Morgan fingerprint density at radius 1 is 0.622 bits per heavy atom. The Balaban J connectivity index is 0.000000196. The molecule has 6 aromatic rings. The van der Waals surface area contributed by atoms with Crippen LogP contribution >= 0.6 is 12.4 Å². The lowest BCUT2D eigenvalue weighted by Gasteiger charge is -2.41. The molecule has 2 amide bonds. The number of nitrogens with one attached hydrogen (secondary N) is 1. The summed E-state index contributed by atoms with van der Waals surface area (Å²) in [6.07, 6.45) is -3.93. The van der Waals surface area contributed by atoms with Gasteiger partial charge in [-0.15, -0.1) is 32.8 Å². The van der Waals surface area contributed by atoms with Gasteiger partial charge in [0.1, 0.15) is 17.4 Å². The summed E-state index contributed by atoms with van der Waals surface area (Å²) in [4.78, 5) is 42.2. The molecule has 4 aromatic carbocycles. The molecule has 14 nitrogen and oxygen atoms in total. The Bertz CT molecular complexity index is 2810. The van der Waals surface area contributed by atoms with Gasteiger partial charge in [0.25, 0.3) is 0 Å². The number of nitrogens with zero attached hydrogens (tertiary/aromatic N) is 7. The van der Waals surface area contributed by atoms with Crippen molar-refractivity contribution < 1.29 is 63.1 Å². The van der Waals surface area contributed by atoms with E-state index in [2.05, 4.69) is 39.4 Å². The van der Waals surface area contributed by atoms with Crippen LogP contribution in [0.15, 0.2) is 106 Å². The maximum absolute atomic E-state index is 15.1. The van der Waals surface area contributed by atoms with Gasteiger partial charge in [-0.2, -0.15) is 26.3 Å². The van der Waals surface area contributed by atoms with Gasteiger partial charge in [-0.05, 0) is 107 Å². The van der Waals surface area contributed by atoms with Crippen molar-refractivity contribution in [2.75, 3.05) is 49.2 Å². The van der Waals surface area contributed by atoms with Crippen LogP contribution in [0.3, 0.4) is 0 Å². The predicted molar refractivity (Wildman–Crippen MR) is 255 cm³/mol. The van der Waals surface area contributed by atoms with Crippen LogP contribution in [0.1, 0.15) is 67.9 Å². The molecular weight excluding hydrogens is 1010 g/mol. The van der Waals surface area contributed by atoms with Gasteiger partial charge >= 0.3 is 24.1 Å². The number of amides is 2. The van der Waals surface area contributed by atoms with E-state index >= 15 is 4.39 Å². The number of hydrogen-bond acceptors (Lipinski definition) is 12. The third-order valence-electron chi connectivity index (χ3n) is 12.9. The van der Waals surface area contributed by atoms with Gasteiger partial charge in [0, 0.05) is 58.3 Å². The van der Waals surface area contributed by atoms with Gasteiger partial charge < -0.3 is 28.7 Å². The van der Waals surface area contributed by atoms with E-state index in [-0.39, 0.29) is 71.4 Å². The topological polar surface area (TPSA) is 160 Å². The minimum Gasteiger partial charge on any atom is -0.413 e. The molecule has 4 aliphatic rings. The van der Waals surface area contributed by atoms with Crippen molar-refractivity contribution in [3.8, 4) is 22.9 Å². The van der Waals surface area contributed by atoms with Crippen LogP contribution in [0.4, 0.5) is 46.5 Å². The SMILES string of the molecule is Cl.O=C(C1CCN(C2COC2)CC1)N(Cc1ccc(-c2nnc(C(F)(F)F)o2)cc1F)c1ccccc1.O=C(C1CCNCC1)N(Cc1ccc(-c2nnc(C(F)(F)F)o2)cc1F)c1ccccc1.O=C1CCC1. The van der Waals surface area contributed by atoms with Crippen molar-refractivity contribution in [2.45, 2.75) is 76.4 Å². The normalized spacial score (nSPS) is 16.6. The maximum atomic E-state index is 15.1. The molecule has 1 saturated carbocycles. The van der Waals surface area contributed by atoms with E-state index in [4.69, 9.17) is 4.74 Å². The number of aromatic nitrogens is 4. The van der Waals surface area contributed by atoms with Crippen LogP contribution in [0.5, 0.6) is 0 Å². The third-order valence-corrected chi connectivity index (χ3v) is 12.9. The molecular formula is C51H51ClF8N8O6. The molecule has 0 unspecified atom stereocenters. The van der Waals surface area contributed by atoms with Crippen molar-refractivity contribution >= 4 is 41.4 Å². The van der Waals surface area contributed by atoms with Crippen molar-refractivity contribution in [3.05, 3.63) is 132 Å². The van der Waals surface area contributed by atoms with Gasteiger partial charge in [-0.3, -0.25) is 19.3 Å². The Morgan fingerprint density at radius 3 is 1.38 bits per heavy atom. The molecule has 23 heteroatoms. The first kappa shape index (κ1) is 55.1. The largest absolute Gasteiger partial charge is 0.470 e. The summed E-state index contributed by atoms with van der Waals surface area (Å²) in [5, 5.41) is 15.9. The second kappa shape index (κ2) is 24.6. The molecule has 0 spiro atoms. The number of carbonyl (C=O) groups excluding carboxylic acids is 3. The molecule has 0 atom stereocenters. The number of Topliss-reactive ketones (excluding diaryl/α,β-unsaturated/α-hetero) is 1. The smallest absolute Gasteiger partial charge is 0.413 e. The number of anilines is 2. The molecule has 0 radical (unpaired) electrons. The average molecular weight is 1060 g/mol. The van der Waals surface area contributed by atoms with Crippen LogP contribution in [-0.2, 0) is 44.6 Å². The number of carbonyl (C=O) groups is 3. The van der Waals surface area contributed by atoms with E-state index in [0.717, 1.165) is 70.8 Å². The number of likely N-dealkylation sites (tertiary alicyclic amines) is 1. The lowest BCUT2D eigenvalue weighted by Crippen LogP contribution is -2.53. The number of benzene rings is 4. The van der Waals surface area contributed by atoms with Crippen LogP contribution < -0.4 is 15.1 Å². The monoisotopic (exact) mass is 1060 g/mol. The molecule has 3 aliphatic heterocycles. The fraction of sp³-hybridized carbons (Fsp3) is 0.392. The summed E-state index contributed by atoms with van der Waals surface area (Å²) in [6.45, 7) is 4.51. The zero-order valence-electron chi connectivity index (χ0n) is 39.6. The van der Waals surface area contributed by atoms with E-state index in [1.165, 1.54) is 24.3 Å². The minimum atomic E-state index is -4.79. The van der Waals surface area contributed by atoms with Crippen molar-refractivity contribution in [3.63, 3.8) is 0 Å². The molecule has 0 bridgehead atoms. The number of ketones is 1. The number of alkyl halides is 6. The summed E-state index contributed by atoms with van der Waals surface area (Å²) in [7, 11) is 0. The number of piperidine rings is 2. The second-order valence-electron chi connectivity index (χ2n) is 17.9. The predicted octanol–water partition coefficient (Wildman–Crippen LogP) is 10.1. The zero-order valence-corrected chi connectivity index (χ0v) is 40.4. The highest BCUT2D eigenvalue weighted by atomic mass is 35.5. The number of ether oxygens (including phenoxy) is 1. The van der Waals surface area contributed by atoms with E-state index in [1.807, 2.05) is 24.3 Å². The fourth-order valence-electron chi connectivity index (χ4n) is 8.45. The van der Waals surface area contributed by atoms with Gasteiger partial charge in [0.15, 0.2) is 0 Å². The first-order valence-electron chi connectivity index (χ1n) is 23.7. The van der Waals surface area contributed by atoms with Crippen LogP contribution in [-0.4, -0.2) is 88.3 Å². The number of hydrogen-bond donors (Lipinski definition) is 1. The molecule has 1 aliphatic carbocycles.